The zero-order valence-electron chi connectivity index (χ0n) is 14.5. The number of rotatable bonds is 6. The van der Waals surface area contributed by atoms with Crippen molar-refractivity contribution in [3.05, 3.63) is 29.3 Å². The third-order valence-electron chi connectivity index (χ3n) is 4.19. The molecule has 2 N–H and O–H groups in total. The highest BCUT2D eigenvalue weighted by Gasteiger charge is 2.30. The summed E-state index contributed by atoms with van der Waals surface area (Å²) in [5, 5.41) is 12.2. The monoisotopic (exact) mass is 361 g/mol. The molecule has 1 saturated heterocycles. The second-order valence-corrected chi connectivity index (χ2v) is 7.25. The molecule has 0 bridgehead atoms. The van der Waals surface area contributed by atoms with E-state index >= 15 is 0 Å². The van der Waals surface area contributed by atoms with Crippen LogP contribution in [0.3, 0.4) is 0 Å². The first-order chi connectivity index (χ1) is 12.1. The van der Waals surface area contributed by atoms with Crippen LogP contribution in [0.15, 0.2) is 23.6 Å². The van der Waals surface area contributed by atoms with Crippen molar-refractivity contribution in [1.82, 2.24) is 25.3 Å². The van der Waals surface area contributed by atoms with E-state index in [2.05, 4.69) is 15.5 Å². The molecule has 0 aromatic carbocycles. The van der Waals surface area contributed by atoms with E-state index in [9.17, 15) is 9.59 Å². The number of nitrogens with one attached hydrogen (secondary N) is 2. The first-order valence-corrected chi connectivity index (χ1v) is 9.32. The van der Waals surface area contributed by atoms with Crippen LogP contribution in [0.1, 0.15) is 25.5 Å². The van der Waals surface area contributed by atoms with Crippen molar-refractivity contribution >= 4 is 23.3 Å². The minimum Gasteiger partial charge on any atom is -0.341 e. The number of carbonyl (C=O) groups excluding carboxylic acids is 2. The number of nitrogens with zero attached hydrogens (tertiary/aromatic N) is 3. The highest BCUT2D eigenvalue weighted by Crippen LogP contribution is 2.23. The fourth-order valence-corrected chi connectivity index (χ4v) is 3.65. The molecule has 1 fully saturated rings. The molecule has 3 amide bonds. The van der Waals surface area contributed by atoms with Crippen LogP contribution < -0.4 is 5.32 Å². The Kier molecular flexibility index (Phi) is 5.37. The molecule has 1 atom stereocenters. The lowest BCUT2D eigenvalue weighted by atomic mass is 10.2. The van der Waals surface area contributed by atoms with Gasteiger partial charge < -0.3 is 15.1 Å². The van der Waals surface area contributed by atoms with Crippen molar-refractivity contribution in [2.24, 2.45) is 0 Å². The summed E-state index contributed by atoms with van der Waals surface area (Å²) in [6.07, 6.45) is 1.31. The maximum Gasteiger partial charge on any atom is 0.317 e. The van der Waals surface area contributed by atoms with E-state index in [-0.39, 0.29) is 18.0 Å². The van der Waals surface area contributed by atoms with Crippen molar-refractivity contribution in [2.45, 2.75) is 32.4 Å². The normalized spacial score (nSPS) is 17.1. The fourth-order valence-electron chi connectivity index (χ4n) is 2.96. The Morgan fingerprint density at radius 1 is 1.56 bits per heavy atom. The quantitative estimate of drug-likeness (QED) is 0.828. The lowest BCUT2D eigenvalue weighted by molar-refractivity contribution is -0.127. The summed E-state index contributed by atoms with van der Waals surface area (Å²) in [6, 6.07) is 5.66. The van der Waals surface area contributed by atoms with Crippen LogP contribution in [0.5, 0.6) is 0 Å². The van der Waals surface area contributed by atoms with E-state index in [4.69, 9.17) is 0 Å². The Bertz CT molecular complexity index is 727. The van der Waals surface area contributed by atoms with Gasteiger partial charge in [-0.3, -0.25) is 9.89 Å². The van der Waals surface area contributed by atoms with Gasteiger partial charge in [0.2, 0.25) is 5.91 Å². The zero-order valence-corrected chi connectivity index (χ0v) is 15.3. The number of aromatic amines is 1. The van der Waals surface area contributed by atoms with E-state index in [0.29, 0.717) is 19.5 Å². The van der Waals surface area contributed by atoms with Crippen LogP contribution >= 0.6 is 11.3 Å². The predicted molar refractivity (Wildman–Crippen MR) is 97.2 cm³/mol. The maximum absolute atomic E-state index is 12.4. The highest BCUT2D eigenvalue weighted by molar-refractivity contribution is 7.13. The second kappa shape index (κ2) is 7.69. The predicted octanol–water partition coefficient (Wildman–Crippen LogP) is 2.29. The molecule has 2 aromatic rings. The van der Waals surface area contributed by atoms with Crippen molar-refractivity contribution in [3.8, 4) is 10.6 Å². The van der Waals surface area contributed by atoms with Crippen LogP contribution in [0.25, 0.3) is 10.6 Å². The topological polar surface area (TPSA) is 81.3 Å². The number of hydrogen-bond donors (Lipinski definition) is 2. The largest absolute Gasteiger partial charge is 0.341 e. The van der Waals surface area contributed by atoms with E-state index < -0.39 is 0 Å². The molecule has 7 nitrogen and oxygen atoms in total. The average molecular weight is 361 g/mol. The third-order valence-corrected chi connectivity index (χ3v) is 5.09. The van der Waals surface area contributed by atoms with Crippen LogP contribution in [0.2, 0.25) is 0 Å². The van der Waals surface area contributed by atoms with Crippen LogP contribution in [0, 0.1) is 0 Å². The van der Waals surface area contributed by atoms with Gasteiger partial charge in [0.1, 0.15) is 5.69 Å². The van der Waals surface area contributed by atoms with E-state index in [0.717, 1.165) is 29.2 Å². The van der Waals surface area contributed by atoms with Gasteiger partial charge in [-0.05, 0) is 23.9 Å². The summed E-state index contributed by atoms with van der Waals surface area (Å²) in [7, 11) is 1.74. The Morgan fingerprint density at radius 3 is 3.12 bits per heavy atom. The number of thiophene rings is 1. The summed E-state index contributed by atoms with van der Waals surface area (Å²) in [5.74, 6) is 0.115. The van der Waals surface area contributed by atoms with Gasteiger partial charge in [-0.2, -0.15) is 5.10 Å². The first kappa shape index (κ1) is 17.5. The molecule has 0 radical (unpaired) electrons. The minimum absolute atomic E-state index is 0.113. The minimum atomic E-state index is -0.177. The van der Waals surface area contributed by atoms with Gasteiger partial charge in [0.25, 0.3) is 0 Å². The van der Waals surface area contributed by atoms with Gasteiger partial charge in [-0.1, -0.05) is 13.0 Å². The molecule has 8 heteroatoms. The smallest absolute Gasteiger partial charge is 0.317 e. The number of amides is 3. The fraction of sp³-hybridized carbons (Fsp3) is 0.471. The molecule has 0 saturated carbocycles. The standard InChI is InChI=1S/C17H23N5O2S/c1-3-6-22-11-12(9-16(22)23)18-17(24)21(2)10-13-8-14(20-19-13)15-5-4-7-25-15/h4-5,7-8,12H,3,6,9-11H2,1-2H3,(H,18,24)(H,19,20). The average Bonchev–Trinajstić information content (AvgIpc) is 3.30. The summed E-state index contributed by atoms with van der Waals surface area (Å²) in [5.41, 5.74) is 1.76. The van der Waals surface area contributed by atoms with Gasteiger partial charge in [0.05, 0.1) is 23.2 Å². The van der Waals surface area contributed by atoms with Gasteiger partial charge in [0.15, 0.2) is 0 Å². The van der Waals surface area contributed by atoms with Gasteiger partial charge in [-0.25, -0.2) is 4.79 Å². The Hall–Kier alpha value is -2.35. The number of urea groups is 1. The Balaban J connectivity index is 1.52. The van der Waals surface area contributed by atoms with Crippen molar-refractivity contribution in [1.29, 1.82) is 0 Å². The zero-order chi connectivity index (χ0) is 17.8. The number of carbonyl (C=O) groups is 2. The molecular formula is C17H23N5O2S. The molecular weight excluding hydrogens is 338 g/mol. The summed E-state index contributed by atoms with van der Waals surface area (Å²) < 4.78 is 0. The summed E-state index contributed by atoms with van der Waals surface area (Å²) in [4.78, 5) is 28.7. The summed E-state index contributed by atoms with van der Waals surface area (Å²) >= 11 is 1.63. The lowest BCUT2D eigenvalue weighted by Crippen LogP contribution is -2.44. The van der Waals surface area contributed by atoms with E-state index in [1.165, 1.54) is 0 Å². The van der Waals surface area contributed by atoms with E-state index in [1.807, 2.05) is 35.4 Å². The van der Waals surface area contributed by atoms with Crippen molar-refractivity contribution in [2.75, 3.05) is 20.1 Å². The van der Waals surface area contributed by atoms with E-state index in [1.54, 1.807) is 23.3 Å². The van der Waals surface area contributed by atoms with Crippen molar-refractivity contribution < 1.29 is 9.59 Å². The number of likely N-dealkylation sites (tertiary alicyclic amines) is 1. The lowest BCUT2D eigenvalue weighted by Gasteiger charge is -2.20. The molecule has 0 spiro atoms. The Labute approximate surface area is 151 Å². The molecule has 1 aliphatic rings. The first-order valence-electron chi connectivity index (χ1n) is 8.44. The molecule has 2 aromatic heterocycles. The molecule has 0 aliphatic carbocycles. The highest BCUT2D eigenvalue weighted by atomic mass is 32.1. The molecule has 25 heavy (non-hydrogen) atoms. The van der Waals surface area contributed by atoms with Gasteiger partial charge >= 0.3 is 6.03 Å². The Morgan fingerprint density at radius 2 is 2.40 bits per heavy atom. The molecule has 3 heterocycles. The number of aromatic nitrogens is 2. The molecule has 3 rings (SSSR count). The van der Waals surface area contributed by atoms with Crippen LogP contribution in [0.4, 0.5) is 4.79 Å². The number of hydrogen-bond acceptors (Lipinski definition) is 4. The SMILES string of the molecule is CCCN1CC(NC(=O)N(C)Cc2cc(-c3cccs3)n[nH]2)CC1=O. The molecule has 1 unspecified atom stereocenters. The summed E-state index contributed by atoms with van der Waals surface area (Å²) in [6.45, 7) is 3.82. The maximum atomic E-state index is 12.4. The van der Waals surface area contributed by atoms with Gasteiger partial charge in [-0.15, -0.1) is 11.3 Å². The van der Waals surface area contributed by atoms with Crippen molar-refractivity contribution in [3.63, 3.8) is 0 Å². The second-order valence-electron chi connectivity index (χ2n) is 6.30. The number of H-pyrrole nitrogens is 1. The van der Waals surface area contributed by atoms with Gasteiger partial charge in [0, 0.05) is 26.6 Å². The molecule has 134 valence electrons. The molecule has 1 aliphatic heterocycles. The van der Waals surface area contributed by atoms with Crippen LogP contribution in [-0.2, 0) is 11.3 Å². The van der Waals surface area contributed by atoms with Crippen LogP contribution in [-0.4, -0.2) is 58.1 Å². The third kappa shape index (κ3) is 4.19.